The van der Waals surface area contributed by atoms with Gasteiger partial charge in [-0.15, -0.1) is 18.2 Å². The number of terminal acetylenes is 1. The van der Waals surface area contributed by atoms with E-state index in [1.165, 1.54) is 0 Å². The quantitative estimate of drug-likeness (QED) is 0.529. The van der Waals surface area contributed by atoms with E-state index in [1.54, 1.807) is 23.6 Å². The minimum Gasteiger partial charge on any atom is -0.343 e. The Bertz CT molecular complexity index is 298. The molecule has 0 aromatic heterocycles. The van der Waals surface area contributed by atoms with E-state index in [2.05, 4.69) is 11.2 Å². The Morgan fingerprint density at radius 2 is 2.40 bits per heavy atom. The zero-order chi connectivity index (χ0) is 11.3. The van der Waals surface area contributed by atoms with Crippen molar-refractivity contribution in [2.75, 3.05) is 24.6 Å². The molecule has 82 valence electrons. The molecule has 0 aromatic rings. The topological polar surface area (TPSA) is 49.4 Å². The lowest BCUT2D eigenvalue weighted by Crippen LogP contribution is -2.57. The molecular weight excluding hydrogens is 212 g/mol. The van der Waals surface area contributed by atoms with E-state index in [-0.39, 0.29) is 18.4 Å². The highest BCUT2D eigenvalue weighted by Crippen LogP contribution is 2.05. The SMILES string of the molecule is C#CCSCCN1CC(=O)NC(C)C1=O. The zero-order valence-corrected chi connectivity index (χ0v) is 9.47. The summed E-state index contributed by atoms with van der Waals surface area (Å²) in [6, 6.07) is -0.399. The van der Waals surface area contributed by atoms with Crippen molar-refractivity contribution in [3.8, 4) is 12.3 Å². The minimum atomic E-state index is -0.399. The van der Waals surface area contributed by atoms with E-state index in [9.17, 15) is 9.59 Å². The van der Waals surface area contributed by atoms with Gasteiger partial charge in [-0.05, 0) is 6.92 Å². The van der Waals surface area contributed by atoms with E-state index in [4.69, 9.17) is 6.42 Å². The number of piperazine rings is 1. The van der Waals surface area contributed by atoms with Gasteiger partial charge in [0.15, 0.2) is 0 Å². The molecule has 1 atom stereocenters. The van der Waals surface area contributed by atoms with Gasteiger partial charge in [-0.1, -0.05) is 5.92 Å². The Kier molecular flexibility index (Phi) is 4.50. The van der Waals surface area contributed by atoms with Gasteiger partial charge in [-0.2, -0.15) is 0 Å². The van der Waals surface area contributed by atoms with Crippen molar-refractivity contribution >= 4 is 23.6 Å². The number of hydrogen-bond acceptors (Lipinski definition) is 3. The molecule has 1 rings (SSSR count). The average molecular weight is 226 g/mol. The lowest BCUT2D eigenvalue weighted by molar-refractivity contribution is -0.143. The number of hydrogen-bond donors (Lipinski definition) is 1. The van der Waals surface area contributed by atoms with Gasteiger partial charge in [0.1, 0.15) is 6.04 Å². The lowest BCUT2D eigenvalue weighted by Gasteiger charge is -2.30. The van der Waals surface area contributed by atoms with Crippen molar-refractivity contribution in [2.45, 2.75) is 13.0 Å². The molecule has 4 nitrogen and oxygen atoms in total. The molecule has 1 aliphatic rings. The van der Waals surface area contributed by atoms with E-state index < -0.39 is 6.04 Å². The van der Waals surface area contributed by atoms with Gasteiger partial charge in [-0.25, -0.2) is 0 Å². The Labute approximate surface area is 93.8 Å². The number of carbonyl (C=O) groups excluding carboxylic acids is 2. The number of nitrogens with one attached hydrogen (secondary N) is 1. The summed E-state index contributed by atoms with van der Waals surface area (Å²) >= 11 is 1.59. The molecular formula is C10H14N2O2S. The van der Waals surface area contributed by atoms with E-state index in [0.29, 0.717) is 12.3 Å². The molecule has 5 heteroatoms. The molecule has 0 aliphatic carbocycles. The Balaban J connectivity index is 2.36. The second-order valence-corrected chi connectivity index (χ2v) is 4.41. The van der Waals surface area contributed by atoms with Crippen LogP contribution in [-0.4, -0.2) is 47.4 Å². The first kappa shape index (κ1) is 11.9. The highest BCUT2D eigenvalue weighted by atomic mass is 32.2. The van der Waals surface area contributed by atoms with Crippen LogP contribution in [0.5, 0.6) is 0 Å². The van der Waals surface area contributed by atoms with Crippen LogP contribution in [0.25, 0.3) is 0 Å². The van der Waals surface area contributed by atoms with Crippen LogP contribution in [0.4, 0.5) is 0 Å². The molecule has 1 saturated heterocycles. The first-order chi connectivity index (χ1) is 7.15. The predicted octanol–water partition coefficient (Wildman–Crippen LogP) is -0.300. The number of nitrogens with zero attached hydrogens (tertiary/aromatic N) is 1. The fraction of sp³-hybridized carbons (Fsp3) is 0.600. The number of carbonyl (C=O) groups is 2. The third-order valence-corrected chi connectivity index (χ3v) is 2.93. The summed E-state index contributed by atoms with van der Waals surface area (Å²) < 4.78 is 0. The second-order valence-electron chi connectivity index (χ2n) is 3.31. The van der Waals surface area contributed by atoms with Gasteiger partial charge in [0.05, 0.1) is 12.3 Å². The van der Waals surface area contributed by atoms with Crippen LogP contribution >= 0.6 is 11.8 Å². The van der Waals surface area contributed by atoms with Crippen LogP contribution in [0.15, 0.2) is 0 Å². The van der Waals surface area contributed by atoms with E-state index >= 15 is 0 Å². The largest absolute Gasteiger partial charge is 0.343 e. The fourth-order valence-electron chi connectivity index (χ4n) is 1.37. The Hall–Kier alpha value is -1.15. The zero-order valence-electron chi connectivity index (χ0n) is 8.66. The van der Waals surface area contributed by atoms with Crippen LogP contribution < -0.4 is 5.32 Å². The maximum Gasteiger partial charge on any atom is 0.245 e. The summed E-state index contributed by atoms with van der Waals surface area (Å²) in [7, 11) is 0. The number of amides is 2. The van der Waals surface area contributed by atoms with Crippen molar-refractivity contribution in [3.05, 3.63) is 0 Å². The van der Waals surface area contributed by atoms with Gasteiger partial charge in [0, 0.05) is 12.3 Å². The highest BCUT2D eigenvalue weighted by Gasteiger charge is 2.28. The van der Waals surface area contributed by atoms with Crippen LogP contribution in [0, 0.1) is 12.3 Å². The predicted molar refractivity (Wildman–Crippen MR) is 60.3 cm³/mol. The third kappa shape index (κ3) is 3.48. The third-order valence-electron chi connectivity index (χ3n) is 2.08. The summed E-state index contributed by atoms with van der Waals surface area (Å²) in [6.07, 6.45) is 5.10. The van der Waals surface area contributed by atoms with Gasteiger partial charge in [0.25, 0.3) is 0 Å². The summed E-state index contributed by atoms with van der Waals surface area (Å²) in [5, 5.41) is 2.59. The van der Waals surface area contributed by atoms with Crippen LogP contribution in [-0.2, 0) is 9.59 Å². The molecule has 0 aromatic carbocycles. The molecule has 1 heterocycles. The normalized spacial score (nSPS) is 21.1. The second kappa shape index (κ2) is 5.66. The van der Waals surface area contributed by atoms with Crippen molar-refractivity contribution in [3.63, 3.8) is 0 Å². The average Bonchev–Trinajstić information content (AvgIpc) is 2.19. The molecule has 2 amide bonds. The summed E-state index contributed by atoms with van der Waals surface area (Å²) in [4.78, 5) is 24.3. The van der Waals surface area contributed by atoms with Crippen molar-refractivity contribution in [1.82, 2.24) is 10.2 Å². The summed E-state index contributed by atoms with van der Waals surface area (Å²) in [6.45, 7) is 2.45. The van der Waals surface area contributed by atoms with Crippen LogP contribution in [0.2, 0.25) is 0 Å². The molecule has 1 unspecified atom stereocenters. The highest BCUT2D eigenvalue weighted by molar-refractivity contribution is 7.99. The summed E-state index contributed by atoms with van der Waals surface area (Å²) in [5.74, 6) is 3.82. The maximum atomic E-state index is 11.6. The van der Waals surface area contributed by atoms with Gasteiger partial charge in [-0.3, -0.25) is 9.59 Å². The number of thioether (sulfide) groups is 1. The standard InChI is InChI=1S/C10H14N2O2S/c1-3-5-15-6-4-12-7-9(13)11-8(2)10(12)14/h1,8H,4-7H2,2H3,(H,11,13). The van der Waals surface area contributed by atoms with E-state index in [0.717, 1.165) is 5.75 Å². The van der Waals surface area contributed by atoms with Crippen molar-refractivity contribution in [1.29, 1.82) is 0 Å². The summed E-state index contributed by atoms with van der Waals surface area (Å²) in [5.41, 5.74) is 0. The van der Waals surface area contributed by atoms with Gasteiger partial charge in [0.2, 0.25) is 11.8 Å². The minimum absolute atomic E-state index is 0.0177. The molecule has 0 spiro atoms. The monoisotopic (exact) mass is 226 g/mol. The first-order valence-corrected chi connectivity index (χ1v) is 5.90. The fourth-order valence-corrected chi connectivity index (χ4v) is 1.98. The molecule has 1 aliphatic heterocycles. The van der Waals surface area contributed by atoms with Crippen molar-refractivity contribution in [2.24, 2.45) is 0 Å². The van der Waals surface area contributed by atoms with E-state index in [1.807, 2.05) is 0 Å². The molecule has 0 bridgehead atoms. The maximum absolute atomic E-state index is 11.6. The molecule has 0 radical (unpaired) electrons. The van der Waals surface area contributed by atoms with Gasteiger partial charge >= 0.3 is 0 Å². The van der Waals surface area contributed by atoms with Crippen molar-refractivity contribution < 1.29 is 9.59 Å². The van der Waals surface area contributed by atoms with Crippen LogP contribution in [0.1, 0.15) is 6.92 Å². The Morgan fingerprint density at radius 3 is 3.07 bits per heavy atom. The first-order valence-electron chi connectivity index (χ1n) is 4.74. The molecule has 1 fully saturated rings. The molecule has 15 heavy (non-hydrogen) atoms. The smallest absolute Gasteiger partial charge is 0.245 e. The van der Waals surface area contributed by atoms with Crippen LogP contribution in [0.3, 0.4) is 0 Å². The Morgan fingerprint density at radius 1 is 1.67 bits per heavy atom. The molecule has 1 N–H and O–H groups in total. The lowest BCUT2D eigenvalue weighted by atomic mass is 10.2. The molecule has 0 saturated carbocycles. The number of rotatable bonds is 4. The van der Waals surface area contributed by atoms with Gasteiger partial charge < -0.3 is 10.2 Å².